The molecule has 112 valence electrons. The van der Waals surface area contributed by atoms with Crippen molar-refractivity contribution < 1.29 is 31.4 Å². The summed E-state index contributed by atoms with van der Waals surface area (Å²) >= 11 is 0. The highest BCUT2D eigenvalue weighted by Crippen LogP contribution is 2.32. The molecular formula is C12H12F5NO2. The van der Waals surface area contributed by atoms with Gasteiger partial charge in [-0.15, -0.1) is 13.2 Å². The van der Waals surface area contributed by atoms with Gasteiger partial charge in [0, 0.05) is 12.1 Å². The van der Waals surface area contributed by atoms with Crippen LogP contribution in [0.4, 0.5) is 22.0 Å². The van der Waals surface area contributed by atoms with Gasteiger partial charge in [-0.1, -0.05) is 0 Å². The van der Waals surface area contributed by atoms with Crippen molar-refractivity contribution in [3.8, 4) is 11.5 Å². The Balaban J connectivity index is 2.12. The zero-order chi connectivity index (χ0) is 14.8. The van der Waals surface area contributed by atoms with E-state index in [4.69, 9.17) is 4.74 Å². The predicted octanol–water partition coefficient (Wildman–Crippen LogP) is 2.99. The summed E-state index contributed by atoms with van der Waals surface area (Å²) in [5.41, 5.74) is 0. The van der Waals surface area contributed by atoms with Crippen molar-refractivity contribution in [2.45, 2.75) is 25.3 Å². The maximum absolute atomic E-state index is 13.4. The molecule has 2 rings (SSSR count). The fourth-order valence-electron chi connectivity index (χ4n) is 1.92. The fraction of sp³-hybridized carbons (Fsp3) is 0.500. The highest BCUT2D eigenvalue weighted by molar-refractivity contribution is 5.35. The van der Waals surface area contributed by atoms with Crippen molar-refractivity contribution in [3.05, 3.63) is 23.8 Å². The summed E-state index contributed by atoms with van der Waals surface area (Å²) in [6, 6.07) is 1.37. The molecule has 1 aliphatic rings. The molecule has 1 heterocycles. The zero-order valence-corrected chi connectivity index (χ0v) is 10.3. The van der Waals surface area contributed by atoms with Crippen LogP contribution >= 0.6 is 0 Å². The summed E-state index contributed by atoms with van der Waals surface area (Å²) < 4.78 is 71.5. The summed E-state index contributed by atoms with van der Waals surface area (Å²) in [4.78, 5) is 0. The van der Waals surface area contributed by atoms with Crippen molar-refractivity contribution in [3.63, 3.8) is 0 Å². The Kier molecular flexibility index (Phi) is 4.32. The number of ether oxygens (including phenoxy) is 2. The monoisotopic (exact) mass is 297 g/mol. The second kappa shape index (κ2) is 5.82. The lowest BCUT2D eigenvalue weighted by Gasteiger charge is -2.24. The number of hydrogen-bond donors (Lipinski definition) is 1. The van der Waals surface area contributed by atoms with Crippen LogP contribution in [0.5, 0.6) is 11.5 Å². The first kappa shape index (κ1) is 14.8. The molecule has 0 amide bonds. The lowest BCUT2D eigenvalue weighted by atomic mass is 10.1. The summed E-state index contributed by atoms with van der Waals surface area (Å²) in [7, 11) is 0. The van der Waals surface area contributed by atoms with Crippen molar-refractivity contribution in [2.75, 3.05) is 13.1 Å². The van der Waals surface area contributed by atoms with Gasteiger partial charge in [-0.05, 0) is 25.9 Å². The Morgan fingerprint density at radius 3 is 2.10 bits per heavy atom. The number of hydrogen-bond acceptors (Lipinski definition) is 3. The molecule has 0 spiro atoms. The van der Waals surface area contributed by atoms with Crippen LogP contribution in [0.25, 0.3) is 0 Å². The molecule has 1 aliphatic heterocycles. The lowest BCUT2D eigenvalue weighted by molar-refractivity contribution is -0.276. The molecule has 8 heteroatoms. The summed E-state index contributed by atoms with van der Waals surface area (Å²) in [6.07, 6.45) is -4.06. The molecule has 0 bridgehead atoms. The van der Waals surface area contributed by atoms with E-state index < -0.39 is 23.7 Å². The number of alkyl halides is 3. The average molecular weight is 297 g/mol. The minimum Gasteiger partial charge on any atom is -0.490 e. The molecule has 20 heavy (non-hydrogen) atoms. The molecule has 0 unspecified atom stereocenters. The zero-order valence-electron chi connectivity index (χ0n) is 10.3. The molecule has 1 N–H and O–H groups in total. The van der Waals surface area contributed by atoms with Crippen LogP contribution in [0, 0.1) is 11.6 Å². The lowest BCUT2D eigenvalue weighted by Crippen LogP contribution is -2.34. The van der Waals surface area contributed by atoms with Gasteiger partial charge >= 0.3 is 6.36 Å². The molecular weight excluding hydrogens is 285 g/mol. The maximum Gasteiger partial charge on any atom is 0.573 e. The van der Waals surface area contributed by atoms with Crippen molar-refractivity contribution in [1.82, 2.24) is 5.32 Å². The molecule has 0 aromatic heterocycles. The third-order valence-corrected chi connectivity index (χ3v) is 2.78. The van der Waals surface area contributed by atoms with E-state index in [0.29, 0.717) is 38.1 Å². The van der Waals surface area contributed by atoms with Gasteiger partial charge in [0.2, 0.25) is 5.75 Å². The Morgan fingerprint density at radius 1 is 1.05 bits per heavy atom. The Morgan fingerprint density at radius 2 is 1.60 bits per heavy atom. The molecule has 1 saturated heterocycles. The summed E-state index contributed by atoms with van der Waals surface area (Å²) in [5.74, 6) is -4.53. The van der Waals surface area contributed by atoms with Crippen molar-refractivity contribution >= 4 is 0 Å². The topological polar surface area (TPSA) is 30.5 Å². The van der Waals surface area contributed by atoms with Gasteiger partial charge < -0.3 is 14.8 Å². The highest BCUT2D eigenvalue weighted by Gasteiger charge is 2.34. The number of nitrogens with one attached hydrogen (secondary N) is 1. The van der Waals surface area contributed by atoms with E-state index >= 15 is 0 Å². The first-order chi connectivity index (χ1) is 9.35. The first-order valence-corrected chi connectivity index (χ1v) is 5.97. The SMILES string of the molecule is Fc1cc(OC2CCNCC2)cc(F)c1OC(F)(F)F. The largest absolute Gasteiger partial charge is 0.573 e. The van der Waals surface area contributed by atoms with Crippen LogP contribution in [0.2, 0.25) is 0 Å². The van der Waals surface area contributed by atoms with Crippen LogP contribution in [0.15, 0.2) is 12.1 Å². The van der Waals surface area contributed by atoms with Crippen LogP contribution in [0.1, 0.15) is 12.8 Å². The molecule has 0 atom stereocenters. The summed E-state index contributed by atoms with van der Waals surface area (Å²) in [5, 5.41) is 3.08. The second-order valence-corrected chi connectivity index (χ2v) is 4.33. The van der Waals surface area contributed by atoms with E-state index in [1.165, 1.54) is 0 Å². The average Bonchev–Trinajstić information content (AvgIpc) is 2.34. The second-order valence-electron chi connectivity index (χ2n) is 4.33. The number of halogens is 5. The normalized spacial score (nSPS) is 17.1. The van der Waals surface area contributed by atoms with Crippen molar-refractivity contribution in [2.24, 2.45) is 0 Å². The standard InChI is InChI=1S/C12H12F5NO2/c13-9-5-8(19-7-1-3-18-4-2-7)6-10(14)11(9)20-12(15,16)17/h5-7,18H,1-4H2. The van der Waals surface area contributed by atoms with E-state index in [2.05, 4.69) is 10.1 Å². The molecule has 3 nitrogen and oxygen atoms in total. The van der Waals surface area contributed by atoms with Gasteiger partial charge in [0.05, 0.1) is 0 Å². The number of piperidine rings is 1. The van der Waals surface area contributed by atoms with E-state index in [1.807, 2.05) is 0 Å². The van der Waals surface area contributed by atoms with Crippen LogP contribution in [0.3, 0.4) is 0 Å². The molecule has 1 aromatic carbocycles. The van der Waals surface area contributed by atoms with Gasteiger partial charge in [-0.3, -0.25) is 0 Å². The van der Waals surface area contributed by atoms with E-state index in [9.17, 15) is 22.0 Å². The predicted molar refractivity (Wildman–Crippen MR) is 59.6 cm³/mol. The van der Waals surface area contributed by atoms with Crippen molar-refractivity contribution in [1.29, 1.82) is 0 Å². The van der Waals surface area contributed by atoms with Gasteiger partial charge in [0.1, 0.15) is 11.9 Å². The Labute approximate surface area is 111 Å². The Hall–Kier alpha value is -1.57. The molecule has 1 aromatic rings. The van der Waals surface area contributed by atoms with Crippen LogP contribution in [-0.4, -0.2) is 25.6 Å². The van der Waals surface area contributed by atoms with E-state index in [1.54, 1.807) is 0 Å². The number of rotatable bonds is 3. The van der Waals surface area contributed by atoms with Gasteiger partial charge in [0.25, 0.3) is 0 Å². The van der Waals surface area contributed by atoms with Crippen LogP contribution < -0.4 is 14.8 Å². The third kappa shape index (κ3) is 3.96. The summed E-state index contributed by atoms with van der Waals surface area (Å²) in [6.45, 7) is 1.43. The van der Waals surface area contributed by atoms with Crippen LogP contribution in [-0.2, 0) is 0 Å². The minimum atomic E-state index is -5.15. The highest BCUT2D eigenvalue weighted by atomic mass is 19.4. The first-order valence-electron chi connectivity index (χ1n) is 5.97. The van der Waals surface area contributed by atoms with E-state index in [0.717, 1.165) is 0 Å². The fourth-order valence-corrected chi connectivity index (χ4v) is 1.92. The van der Waals surface area contributed by atoms with E-state index in [-0.39, 0.29) is 11.9 Å². The minimum absolute atomic E-state index is 0.151. The smallest absolute Gasteiger partial charge is 0.490 e. The molecule has 0 aliphatic carbocycles. The quantitative estimate of drug-likeness (QED) is 0.870. The molecule has 0 saturated carbocycles. The maximum atomic E-state index is 13.4. The van der Waals surface area contributed by atoms with Gasteiger partial charge in [0.15, 0.2) is 11.6 Å². The van der Waals surface area contributed by atoms with Gasteiger partial charge in [-0.2, -0.15) is 0 Å². The third-order valence-electron chi connectivity index (χ3n) is 2.78. The van der Waals surface area contributed by atoms with Gasteiger partial charge in [-0.25, -0.2) is 8.78 Å². The Bertz CT molecular complexity index is 448. The molecule has 1 fully saturated rings. The number of benzene rings is 1. The molecule has 0 radical (unpaired) electrons.